The van der Waals surface area contributed by atoms with Crippen LogP contribution in [0.1, 0.15) is 26.3 Å². The molecule has 0 unspecified atom stereocenters. The summed E-state index contributed by atoms with van der Waals surface area (Å²) in [6.07, 6.45) is -0.539. The minimum atomic E-state index is -0.543. The van der Waals surface area contributed by atoms with E-state index in [1.54, 1.807) is 40.0 Å². The van der Waals surface area contributed by atoms with Gasteiger partial charge in [0.05, 0.1) is 0 Å². The van der Waals surface area contributed by atoms with Crippen molar-refractivity contribution in [3.63, 3.8) is 0 Å². The third-order valence-electron chi connectivity index (χ3n) is 2.10. The highest BCUT2D eigenvalue weighted by molar-refractivity contribution is 5.85. The molecule has 0 aromatic heterocycles. The Balaban J connectivity index is 2.69. The summed E-state index contributed by atoms with van der Waals surface area (Å²) in [5.41, 5.74) is 0.729. The highest BCUT2D eigenvalue weighted by Gasteiger charge is 2.16. The first-order chi connectivity index (χ1) is 8.31. The Bertz CT molecular complexity index is 425. The lowest BCUT2D eigenvalue weighted by Gasteiger charge is -2.19. The van der Waals surface area contributed by atoms with Crippen LogP contribution in [0.2, 0.25) is 0 Å². The first kappa shape index (κ1) is 14.3. The largest absolute Gasteiger partial charge is 0.508 e. The fraction of sp³-hybridized carbons (Fsp3) is 0.462. The van der Waals surface area contributed by atoms with Gasteiger partial charge in [-0.3, -0.25) is 5.32 Å². The summed E-state index contributed by atoms with van der Waals surface area (Å²) in [6.45, 7) is 5.94. The number of aromatic hydroxyl groups is 1. The molecule has 0 spiro atoms. The van der Waals surface area contributed by atoms with E-state index in [9.17, 15) is 9.90 Å². The van der Waals surface area contributed by atoms with Crippen LogP contribution in [0.15, 0.2) is 18.2 Å². The molecule has 0 heterocycles. The lowest BCUT2D eigenvalue weighted by Crippen LogP contribution is -2.27. The van der Waals surface area contributed by atoms with Crippen molar-refractivity contribution in [2.75, 3.05) is 12.4 Å². The Hall–Kier alpha value is -1.75. The monoisotopic (exact) mass is 252 g/mol. The van der Waals surface area contributed by atoms with Gasteiger partial charge in [-0.05, 0) is 33.9 Å². The van der Waals surface area contributed by atoms with Gasteiger partial charge in [0.25, 0.3) is 0 Å². The maximum absolute atomic E-state index is 11.5. The van der Waals surface area contributed by atoms with Crippen LogP contribution in [0.25, 0.3) is 0 Å². The molecule has 0 fully saturated rings. The van der Waals surface area contributed by atoms with E-state index in [1.807, 2.05) is 0 Å². The van der Waals surface area contributed by atoms with Crippen LogP contribution < -0.4 is 10.6 Å². The predicted molar refractivity (Wildman–Crippen MR) is 70.7 cm³/mol. The van der Waals surface area contributed by atoms with Gasteiger partial charge in [0.1, 0.15) is 11.4 Å². The highest BCUT2D eigenvalue weighted by Crippen LogP contribution is 2.22. The smallest absolute Gasteiger partial charge is 0.412 e. The maximum atomic E-state index is 11.5. The van der Waals surface area contributed by atoms with E-state index in [2.05, 4.69) is 10.6 Å². The number of benzene rings is 1. The van der Waals surface area contributed by atoms with Crippen LogP contribution in [0.3, 0.4) is 0 Å². The molecule has 18 heavy (non-hydrogen) atoms. The zero-order valence-electron chi connectivity index (χ0n) is 11.2. The van der Waals surface area contributed by atoms with Gasteiger partial charge in [-0.1, -0.05) is 6.07 Å². The van der Waals surface area contributed by atoms with Gasteiger partial charge in [0.15, 0.2) is 0 Å². The molecule has 0 aliphatic carbocycles. The molecule has 0 aliphatic rings. The van der Waals surface area contributed by atoms with Crippen LogP contribution in [-0.2, 0) is 11.3 Å². The quantitative estimate of drug-likeness (QED) is 0.772. The van der Waals surface area contributed by atoms with Gasteiger partial charge >= 0.3 is 6.09 Å². The average Bonchev–Trinajstić information content (AvgIpc) is 2.19. The molecule has 1 rings (SSSR count). The molecule has 0 bridgehead atoms. The number of hydrogen-bond donors (Lipinski definition) is 3. The number of amides is 1. The topological polar surface area (TPSA) is 70.6 Å². The molecule has 0 atom stereocenters. The van der Waals surface area contributed by atoms with Crippen molar-refractivity contribution >= 4 is 11.8 Å². The van der Waals surface area contributed by atoms with E-state index >= 15 is 0 Å². The Morgan fingerprint density at radius 2 is 2.06 bits per heavy atom. The number of anilines is 1. The van der Waals surface area contributed by atoms with E-state index < -0.39 is 11.7 Å². The zero-order chi connectivity index (χ0) is 13.8. The molecule has 3 N–H and O–H groups in total. The fourth-order valence-corrected chi connectivity index (χ4v) is 1.40. The van der Waals surface area contributed by atoms with Crippen molar-refractivity contribution in [1.82, 2.24) is 5.32 Å². The summed E-state index contributed by atoms with van der Waals surface area (Å²) >= 11 is 0. The lowest BCUT2D eigenvalue weighted by atomic mass is 10.2. The SMILES string of the molecule is CNCc1ccc(NC(=O)OC(C)(C)C)cc1O. The molecule has 0 aliphatic heterocycles. The minimum Gasteiger partial charge on any atom is -0.508 e. The first-order valence-electron chi connectivity index (χ1n) is 5.78. The predicted octanol–water partition coefficient (Wildman–Crippen LogP) is 2.46. The molecule has 0 saturated heterocycles. The van der Waals surface area contributed by atoms with Crippen LogP contribution in [0.5, 0.6) is 5.75 Å². The number of rotatable bonds is 3. The number of phenols is 1. The molecular formula is C13H20N2O3. The van der Waals surface area contributed by atoms with Crippen LogP contribution >= 0.6 is 0 Å². The number of carbonyl (C=O) groups is 1. The van der Waals surface area contributed by atoms with Gasteiger partial charge in [-0.25, -0.2) is 4.79 Å². The van der Waals surface area contributed by atoms with Gasteiger partial charge in [-0.15, -0.1) is 0 Å². The Labute approximate surface area is 107 Å². The van der Waals surface area contributed by atoms with Gasteiger partial charge in [-0.2, -0.15) is 0 Å². The second kappa shape index (κ2) is 5.73. The standard InChI is InChI=1S/C13H20N2O3/c1-13(2,3)18-12(17)15-10-6-5-9(8-14-4)11(16)7-10/h5-7,14,16H,8H2,1-4H3,(H,15,17). The van der Waals surface area contributed by atoms with Crippen LogP contribution in [-0.4, -0.2) is 23.8 Å². The minimum absolute atomic E-state index is 0.137. The van der Waals surface area contributed by atoms with Crippen molar-refractivity contribution in [2.24, 2.45) is 0 Å². The van der Waals surface area contributed by atoms with Gasteiger partial charge in [0.2, 0.25) is 0 Å². The molecule has 5 heteroatoms. The van der Waals surface area contributed by atoms with Gasteiger partial charge in [0, 0.05) is 23.9 Å². The summed E-state index contributed by atoms with van der Waals surface area (Å²) in [5, 5.41) is 15.2. The van der Waals surface area contributed by atoms with Crippen LogP contribution in [0, 0.1) is 0 Å². The Kier molecular flexibility index (Phi) is 4.55. The number of phenolic OH excluding ortho intramolecular Hbond substituents is 1. The number of ether oxygens (including phenoxy) is 1. The summed E-state index contributed by atoms with van der Waals surface area (Å²) in [6, 6.07) is 4.96. The van der Waals surface area contributed by atoms with Crippen molar-refractivity contribution in [3.8, 4) is 5.75 Å². The van der Waals surface area contributed by atoms with Crippen LogP contribution in [0.4, 0.5) is 10.5 Å². The fourth-order valence-electron chi connectivity index (χ4n) is 1.40. The second-order valence-electron chi connectivity index (χ2n) is 5.00. The second-order valence-corrected chi connectivity index (χ2v) is 5.00. The molecule has 5 nitrogen and oxygen atoms in total. The van der Waals surface area contributed by atoms with Gasteiger partial charge < -0.3 is 15.2 Å². The zero-order valence-corrected chi connectivity index (χ0v) is 11.2. The molecule has 100 valence electrons. The molecule has 1 aromatic rings. The summed E-state index contributed by atoms with van der Waals surface area (Å²) in [5.74, 6) is 0.137. The average molecular weight is 252 g/mol. The van der Waals surface area contributed by atoms with Crippen molar-refractivity contribution in [2.45, 2.75) is 32.9 Å². The van der Waals surface area contributed by atoms with E-state index in [-0.39, 0.29) is 5.75 Å². The number of hydrogen-bond acceptors (Lipinski definition) is 4. The van der Waals surface area contributed by atoms with E-state index in [1.165, 1.54) is 6.07 Å². The molecule has 1 aromatic carbocycles. The summed E-state index contributed by atoms with van der Waals surface area (Å²) < 4.78 is 5.12. The number of nitrogens with one attached hydrogen (secondary N) is 2. The molecule has 0 radical (unpaired) electrons. The third kappa shape index (κ3) is 4.63. The highest BCUT2D eigenvalue weighted by atomic mass is 16.6. The Morgan fingerprint density at radius 1 is 1.39 bits per heavy atom. The maximum Gasteiger partial charge on any atom is 0.412 e. The number of carbonyl (C=O) groups excluding carboxylic acids is 1. The van der Waals surface area contributed by atoms with Crippen molar-refractivity contribution < 1.29 is 14.6 Å². The Morgan fingerprint density at radius 3 is 2.56 bits per heavy atom. The van der Waals surface area contributed by atoms with Crippen molar-refractivity contribution in [1.29, 1.82) is 0 Å². The normalized spacial score (nSPS) is 11.1. The van der Waals surface area contributed by atoms with E-state index in [4.69, 9.17) is 4.74 Å². The lowest BCUT2D eigenvalue weighted by molar-refractivity contribution is 0.0636. The van der Waals surface area contributed by atoms with E-state index in [0.717, 1.165) is 5.56 Å². The van der Waals surface area contributed by atoms with E-state index in [0.29, 0.717) is 12.2 Å². The van der Waals surface area contributed by atoms with Crippen molar-refractivity contribution in [3.05, 3.63) is 23.8 Å². The molecular weight excluding hydrogens is 232 g/mol. The first-order valence-corrected chi connectivity index (χ1v) is 5.78. The molecule has 1 amide bonds. The third-order valence-corrected chi connectivity index (χ3v) is 2.10. The summed E-state index contributed by atoms with van der Waals surface area (Å²) in [7, 11) is 1.80. The summed E-state index contributed by atoms with van der Waals surface area (Å²) in [4.78, 5) is 11.5. The molecule has 0 saturated carbocycles.